The summed E-state index contributed by atoms with van der Waals surface area (Å²) in [5.41, 5.74) is 0. The van der Waals surface area contributed by atoms with E-state index in [0.29, 0.717) is 13.0 Å². The highest BCUT2D eigenvalue weighted by molar-refractivity contribution is 7.51. The van der Waals surface area contributed by atoms with E-state index in [0.717, 1.165) is 32.3 Å². The highest BCUT2D eigenvalue weighted by Gasteiger charge is 2.10. The lowest BCUT2D eigenvalue weighted by molar-refractivity contribution is 0.162. The third-order valence-electron chi connectivity index (χ3n) is 2.92. The maximum Gasteiger partial charge on any atom is 0.325 e. The molecule has 0 saturated carbocycles. The van der Waals surface area contributed by atoms with Crippen LogP contribution >= 0.6 is 7.60 Å². The van der Waals surface area contributed by atoms with E-state index in [1.54, 1.807) is 0 Å². The SMILES string of the molecule is C#CCOCCCCCCCCCCCP(=O)(O)O. The molecule has 0 saturated heterocycles. The van der Waals surface area contributed by atoms with E-state index in [4.69, 9.17) is 20.9 Å². The molecule has 0 heterocycles. The topological polar surface area (TPSA) is 66.8 Å². The van der Waals surface area contributed by atoms with Gasteiger partial charge in [0.15, 0.2) is 0 Å². The van der Waals surface area contributed by atoms with Gasteiger partial charge in [-0.1, -0.05) is 50.9 Å². The van der Waals surface area contributed by atoms with Crippen molar-refractivity contribution in [3.8, 4) is 12.3 Å². The maximum absolute atomic E-state index is 10.6. The fourth-order valence-corrected chi connectivity index (χ4v) is 2.53. The minimum atomic E-state index is -3.77. The fourth-order valence-electron chi connectivity index (χ4n) is 1.89. The third-order valence-corrected chi connectivity index (χ3v) is 3.82. The maximum atomic E-state index is 10.6. The van der Waals surface area contributed by atoms with Crippen LogP contribution < -0.4 is 0 Å². The predicted octanol–water partition coefficient (Wildman–Crippen LogP) is 3.32. The Kier molecular flexibility index (Phi) is 12.5. The van der Waals surface area contributed by atoms with Gasteiger partial charge in [0.1, 0.15) is 6.61 Å². The number of hydrogen-bond donors (Lipinski definition) is 2. The van der Waals surface area contributed by atoms with Gasteiger partial charge in [0.2, 0.25) is 0 Å². The molecule has 2 N–H and O–H groups in total. The van der Waals surface area contributed by atoms with Crippen molar-refractivity contribution in [3.05, 3.63) is 0 Å². The molecule has 112 valence electrons. The van der Waals surface area contributed by atoms with E-state index in [9.17, 15) is 4.57 Å². The van der Waals surface area contributed by atoms with Crippen molar-refractivity contribution in [2.45, 2.75) is 57.8 Å². The standard InChI is InChI=1S/C14H27O4P/c1-2-12-18-13-10-8-6-4-3-5-7-9-11-14-19(15,16)17/h1H,3-14H2,(H2,15,16,17). The van der Waals surface area contributed by atoms with Crippen molar-refractivity contribution < 1.29 is 19.1 Å². The third kappa shape index (κ3) is 17.7. The molecule has 0 amide bonds. The van der Waals surface area contributed by atoms with Gasteiger partial charge >= 0.3 is 7.60 Å². The van der Waals surface area contributed by atoms with Gasteiger partial charge in [-0.2, -0.15) is 0 Å². The Balaban J connectivity index is 3.03. The minimum Gasteiger partial charge on any atom is -0.369 e. The average Bonchev–Trinajstić information content (AvgIpc) is 2.34. The molecule has 0 aromatic carbocycles. The van der Waals surface area contributed by atoms with Gasteiger partial charge in [-0.25, -0.2) is 0 Å². The summed E-state index contributed by atoms with van der Waals surface area (Å²) < 4.78 is 15.8. The van der Waals surface area contributed by atoms with Crippen LogP contribution in [0.4, 0.5) is 0 Å². The van der Waals surface area contributed by atoms with Gasteiger partial charge in [0, 0.05) is 12.8 Å². The van der Waals surface area contributed by atoms with Gasteiger partial charge in [-0.3, -0.25) is 4.57 Å². The van der Waals surface area contributed by atoms with Crippen molar-refractivity contribution in [2.24, 2.45) is 0 Å². The normalized spacial score (nSPS) is 11.4. The molecule has 0 unspecified atom stereocenters. The first-order valence-electron chi connectivity index (χ1n) is 7.12. The lowest BCUT2D eigenvalue weighted by Gasteiger charge is -2.04. The molecule has 0 aliphatic heterocycles. The lowest BCUT2D eigenvalue weighted by Crippen LogP contribution is -1.94. The zero-order valence-corrected chi connectivity index (χ0v) is 12.6. The summed E-state index contributed by atoms with van der Waals surface area (Å²) in [7, 11) is -3.77. The first-order valence-corrected chi connectivity index (χ1v) is 8.92. The first-order chi connectivity index (χ1) is 9.06. The molecule has 0 aromatic rings. The molecule has 4 nitrogen and oxygen atoms in total. The Morgan fingerprint density at radius 2 is 1.37 bits per heavy atom. The molecule has 5 heteroatoms. The summed E-state index contributed by atoms with van der Waals surface area (Å²) >= 11 is 0. The summed E-state index contributed by atoms with van der Waals surface area (Å²) in [6.07, 6.45) is 14.8. The Hall–Kier alpha value is -0.330. The Bertz CT molecular complexity index is 280. The first kappa shape index (κ1) is 18.7. The van der Waals surface area contributed by atoms with Crippen LogP contribution in [0, 0.1) is 12.3 Å². The van der Waals surface area contributed by atoms with E-state index < -0.39 is 7.60 Å². The van der Waals surface area contributed by atoms with E-state index in [2.05, 4.69) is 5.92 Å². The van der Waals surface area contributed by atoms with E-state index >= 15 is 0 Å². The number of rotatable bonds is 13. The van der Waals surface area contributed by atoms with E-state index in [-0.39, 0.29) is 6.16 Å². The minimum absolute atomic E-state index is 0.0324. The molecule has 0 aliphatic rings. The fraction of sp³-hybridized carbons (Fsp3) is 0.857. The van der Waals surface area contributed by atoms with Crippen molar-refractivity contribution in [1.29, 1.82) is 0 Å². The Morgan fingerprint density at radius 3 is 1.84 bits per heavy atom. The van der Waals surface area contributed by atoms with Gasteiger partial charge in [-0.15, -0.1) is 6.42 Å². The molecule has 0 aliphatic carbocycles. The van der Waals surface area contributed by atoms with Crippen molar-refractivity contribution in [2.75, 3.05) is 19.4 Å². The lowest BCUT2D eigenvalue weighted by atomic mass is 10.1. The summed E-state index contributed by atoms with van der Waals surface area (Å²) in [6, 6.07) is 0. The largest absolute Gasteiger partial charge is 0.369 e. The molecule has 0 fully saturated rings. The van der Waals surface area contributed by atoms with Crippen molar-refractivity contribution in [1.82, 2.24) is 0 Å². The van der Waals surface area contributed by atoms with Crippen LogP contribution in [0.5, 0.6) is 0 Å². The Morgan fingerprint density at radius 1 is 0.895 bits per heavy atom. The second kappa shape index (κ2) is 12.7. The second-order valence-corrected chi connectivity index (χ2v) is 6.60. The van der Waals surface area contributed by atoms with Gasteiger partial charge in [-0.05, 0) is 12.8 Å². The van der Waals surface area contributed by atoms with Crippen LogP contribution in [0.1, 0.15) is 57.8 Å². The molecule has 0 aromatic heterocycles. The monoisotopic (exact) mass is 290 g/mol. The highest BCUT2D eigenvalue weighted by atomic mass is 31.2. The summed E-state index contributed by atoms with van der Waals surface area (Å²) in [5.74, 6) is 2.44. The van der Waals surface area contributed by atoms with Gasteiger partial charge in [0.05, 0.1) is 0 Å². The quantitative estimate of drug-likeness (QED) is 0.310. The van der Waals surface area contributed by atoms with E-state index in [1.165, 1.54) is 25.7 Å². The molecule has 0 radical (unpaired) electrons. The molecule has 0 atom stereocenters. The molecular weight excluding hydrogens is 263 g/mol. The number of hydrogen-bond acceptors (Lipinski definition) is 2. The summed E-state index contributed by atoms with van der Waals surface area (Å²) in [5, 5.41) is 0. The Labute approximate surface area is 117 Å². The molecular formula is C14H27O4P. The van der Waals surface area contributed by atoms with Gasteiger partial charge in [0.25, 0.3) is 0 Å². The number of terminal acetylenes is 1. The van der Waals surface area contributed by atoms with Crippen LogP contribution in [0.25, 0.3) is 0 Å². The predicted molar refractivity (Wildman–Crippen MR) is 78.1 cm³/mol. The van der Waals surface area contributed by atoms with Crippen LogP contribution in [-0.4, -0.2) is 29.2 Å². The average molecular weight is 290 g/mol. The molecule has 0 bridgehead atoms. The van der Waals surface area contributed by atoms with Gasteiger partial charge < -0.3 is 14.5 Å². The molecule has 19 heavy (non-hydrogen) atoms. The van der Waals surface area contributed by atoms with Crippen LogP contribution in [0.2, 0.25) is 0 Å². The zero-order chi connectivity index (χ0) is 14.4. The zero-order valence-electron chi connectivity index (χ0n) is 11.7. The smallest absolute Gasteiger partial charge is 0.325 e. The summed E-state index contributed by atoms with van der Waals surface area (Å²) in [4.78, 5) is 17.4. The van der Waals surface area contributed by atoms with Crippen molar-refractivity contribution >= 4 is 7.60 Å². The van der Waals surface area contributed by atoms with Crippen LogP contribution in [-0.2, 0) is 9.30 Å². The van der Waals surface area contributed by atoms with Crippen LogP contribution in [0.3, 0.4) is 0 Å². The van der Waals surface area contributed by atoms with Crippen LogP contribution in [0.15, 0.2) is 0 Å². The second-order valence-electron chi connectivity index (χ2n) is 4.83. The number of ether oxygens (including phenoxy) is 1. The highest BCUT2D eigenvalue weighted by Crippen LogP contribution is 2.35. The number of unbranched alkanes of at least 4 members (excludes halogenated alkanes) is 8. The van der Waals surface area contributed by atoms with E-state index in [1.807, 2.05) is 0 Å². The molecule has 0 spiro atoms. The summed E-state index contributed by atoms with van der Waals surface area (Å²) in [6.45, 7) is 1.17. The molecule has 0 rings (SSSR count). The van der Waals surface area contributed by atoms with Crippen molar-refractivity contribution in [3.63, 3.8) is 0 Å².